The molecule has 6 heteroatoms. The van der Waals surface area contributed by atoms with Crippen molar-refractivity contribution in [1.29, 1.82) is 0 Å². The highest BCUT2D eigenvalue weighted by Gasteiger charge is 2.24. The molecule has 0 bridgehead atoms. The second kappa shape index (κ2) is 9.45. The number of anilines is 1. The number of carboxylic acids is 1. The van der Waals surface area contributed by atoms with E-state index in [1.54, 1.807) is 12.0 Å². The van der Waals surface area contributed by atoms with Gasteiger partial charge in [0.25, 0.3) is 0 Å². The quantitative estimate of drug-likeness (QED) is 0.778. The van der Waals surface area contributed by atoms with Gasteiger partial charge in [0.05, 0.1) is 19.4 Å². The molecule has 0 radical (unpaired) electrons. The number of piperidine rings is 1. The fraction of sp³-hybridized carbons (Fsp3) is 0.391. The number of hydrogen-bond acceptors (Lipinski definition) is 4. The van der Waals surface area contributed by atoms with Crippen LogP contribution in [0.3, 0.4) is 0 Å². The van der Waals surface area contributed by atoms with Gasteiger partial charge in [-0.15, -0.1) is 0 Å². The van der Waals surface area contributed by atoms with Crippen molar-refractivity contribution in [2.75, 3.05) is 32.1 Å². The maximum Gasteiger partial charge on any atom is 0.306 e. The van der Waals surface area contributed by atoms with Crippen LogP contribution in [-0.4, -0.2) is 49.1 Å². The van der Waals surface area contributed by atoms with E-state index in [0.717, 1.165) is 35.7 Å². The van der Waals surface area contributed by atoms with Crippen LogP contribution in [0.15, 0.2) is 48.5 Å². The van der Waals surface area contributed by atoms with E-state index < -0.39 is 5.97 Å². The second-order valence-corrected chi connectivity index (χ2v) is 7.54. The summed E-state index contributed by atoms with van der Waals surface area (Å²) in [7, 11) is 3.44. The highest BCUT2D eigenvalue weighted by Crippen LogP contribution is 2.24. The molecule has 1 aliphatic heterocycles. The molecule has 1 heterocycles. The molecule has 0 unspecified atom stereocenters. The van der Waals surface area contributed by atoms with E-state index in [2.05, 4.69) is 11.0 Å². The predicted octanol–water partition coefficient (Wildman–Crippen LogP) is 3.20. The Hall–Kier alpha value is -3.02. The SMILES string of the molecule is COc1ccc(CC(=O)N(C)Cc2cccc(N3CCC(C(=O)O)CC3)c2)cc1. The van der Waals surface area contributed by atoms with Crippen LogP contribution in [0.2, 0.25) is 0 Å². The summed E-state index contributed by atoms with van der Waals surface area (Å²) in [5.41, 5.74) is 3.11. The minimum Gasteiger partial charge on any atom is -0.497 e. The van der Waals surface area contributed by atoms with Crippen LogP contribution in [-0.2, 0) is 22.6 Å². The number of carbonyl (C=O) groups excluding carboxylic acids is 1. The van der Waals surface area contributed by atoms with E-state index in [1.165, 1.54) is 0 Å². The summed E-state index contributed by atoms with van der Waals surface area (Å²) in [4.78, 5) is 27.7. The number of amides is 1. The number of likely N-dealkylation sites (N-methyl/N-ethyl adjacent to an activating group) is 1. The largest absolute Gasteiger partial charge is 0.497 e. The summed E-state index contributed by atoms with van der Waals surface area (Å²) in [6.07, 6.45) is 1.68. The van der Waals surface area contributed by atoms with E-state index in [0.29, 0.717) is 25.8 Å². The third-order valence-corrected chi connectivity index (χ3v) is 5.48. The van der Waals surface area contributed by atoms with Gasteiger partial charge in [0, 0.05) is 32.4 Å². The molecule has 29 heavy (non-hydrogen) atoms. The van der Waals surface area contributed by atoms with Crippen molar-refractivity contribution in [2.24, 2.45) is 5.92 Å². The van der Waals surface area contributed by atoms with Crippen LogP contribution in [0, 0.1) is 5.92 Å². The summed E-state index contributed by atoms with van der Waals surface area (Å²) >= 11 is 0. The third-order valence-electron chi connectivity index (χ3n) is 5.48. The molecule has 1 fully saturated rings. The summed E-state index contributed by atoms with van der Waals surface area (Å²) in [5.74, 6) is -0.104. The Morgan fingerprint density at radius 2 is 1.79 bits per heavy atom. The molecule has 6 nitrogen and oxygen atoms in total. The van der Waals surface area contributed by atoms with Gasteiger partial charge in [-0.25, -0.2) is 0 Å². The molecular weight excluding hydrogens is 368 g/mol. The first-order valence-corrected chi connectivity index (χ1v) is 9.90. The maximum atomic E-state index is 12.6. The Labute approximate surface area is 171 Å². The monoisotopic (exact) mass is 396 g/mol. The maximum absolute atomic E-state index is 12.6. The number of ether oxygens (including phenoxy) is 1. The number of benzene rings is 2. The van der Waals surface area contributed by atoms with Crippen LogP contribution in [0.25, 0.3) is 0 Å². The molecule has 0 saturated carbocycles. The predicted molar refractivity (Wildman–Crippen MR) is 112 cm³/mol. The van der Waals surface area contributed by atoms with Crippen LogP contribution in [0.5, 0.6) is 5.75 Å². The van der Waals surface area contributed by atoms with Crippen molar-refractivity contribution >= 4 is 17.6 Å². The van der Waals surface area contributed by atoms with Crippen molar-refractivity contribution in [1.82, 2.24) is 4.90 Å². The van der Waals surface area contributed by atoms with Gasteiger partial charge in [-0.1, -0.05) is 24.3 Å². The van der Waals surface area contributed by atoms with Gasteiger partial charge in [-0.3, -0.25) is 9.59 Å². The van der Waals surface area contributed by atoms with Crippen LogP contribution < -0.4 is 9.64 Å². The van der Waals surface area contributed by atoms with Gasteiger partial charge >= 0.3 is 5.97 Å². The summed E-state index contributed by atoms with van der Waals surface area (Å²) in [6.45, 7) is 2.02. The van der Waals surface area contributed by atoms with Crippen molar-refractivity contribution in [3.8, 4) is 5.75 Å². The molecule has 0 aromatic heterocycles. The number of methoxy groups -OCH3 is 1. The molecule has 2 aromatic carbocycles. The van der Waals surface area contributed by atoms with E-state index in [1.807, 2.05) is 49.5 Å². The van der Waals surface area contributed by atoms with Crippen LogP contribution >= 0.6 is 0 Å². The third kappa shape index (κ3) is 5.50. The highest BCUT2D eigenvalue weighted by atomic mass is 16.5. The lowest BCUT2D eigenvalue weighted by Gasteiger charge is -2.32. The number of carboxylic acid groups (broad SMARTS) is 1. The first kappa shape index (κ1) is 20.7. The number of nitrogens with zero attached hydrogens (tertiary/aromatic N) is 2. The molecule has 154 valence electrons. The van der Waals surface area contributed by atoms with E-state index in [9.17, 15) is 9.59 Å². The first-order chi connectivity index (χ1) is 14.0. The molecule has 0 spiro atoms. The zero-order valence-corrected chi connectivity index (χ0v) is 17.0. The lowest BCUT2D eigenvalue weighted by atomic mass is 9.96. The molecule has 0 atom stereocenters. The lowest BCUT2D eigenvalue weighted by molar-refractivity contribution is -0.142. The molecule has 3 rings (SSSR count). The van der Waals surface area contributed by atoms with Crippen molar-refractivity contribution in [2.45, 2.75) is 25.8 Å². The second-order valence-electron chi connectivity index (χ2n) is 7.54. The zero-order chi connectivity index (χ0) is 20.8. The average molecular weight is 396 g/mol. The zero-order valence-electron chi connectivity index (χ0n) is 17.0. The highest BCUT2D eigenvalue weighted by molar-refractivity contribution is 5.78. The standard InChI is InChI=1S/C23H28N2O4/c1-24(22(26)15-17-6-8-21(29-2)9-7-17)16-18-4-3-5-20(14-18)25-12-10-19(11-13-25)23(27)28/h3-9,14,19H,10-13,15-16H2,1-2H3,(H,27,28). The van der Waals surface area contributed by atoms with Crippen molar-refractivity contribution < 1.29 is 19.4 Å². The fourth-order valence-corrected chi connectivity index (χ4v) is 3.65. The number of carbonyl (C=O) groups is 2. The van der Waals surface area contributed by atoms with Crippen LogP contribution in [0.1, 0.15) is 24.0 Å². The Morgan fingerprint density at radius 1 is 1.10 bits per heavy atom. The number of aliphatic carboxylic acids is 1. The number of rotatable bonds is 7. The molecule has 1 amide bonds. The minimum absolute atomic E-state index is 0.0582. The van der Waals surface area contributed by atoms with E-state index in [4.69, 9.17) is 9.84 Å². The van der Waals surface area contributed by atoms with Crippen molar-refractivity contribution in [3.63, 3.8) is 0 Å². The summed E-state index contributed by atoms with van der Waals surface area (Å²) in [5, 5.41) is 9.16. The molecule has 0 aliphatic carbocycles. The summed E-state index contributed by atoms with van der Waals surface area (Å²) in [6, 6.07) is 15.7. The smallest absolute Gasteiger partial charge is 0.306 e. The average Bonchev–Trinajstić information content (AvgIpc) is 2.74. The lowest BCUT2D eigenvalue weighted by Crippen LogP contribution is -2.36. The van der Waals surface area contributed by atoms with Gasteiger partial charge in [0.15, 0.2) is 0 Å². The Balaban J connectivity index is 1.57. The van der Waals surface area contributed by atoms with E-state index >= 15 is 0 Å². The molecule has 1 saturated heterocycles. The van der Waals surface area contributed by atoms with Crippen LogP contribution in [0.4, 0.5) is 5.69 Å². The normalized spacial score (nSPS) is 14.5. The summed E-state index contributed by atoms with van der Waals surface area (Å²) < 4.78 is 5.15. The molecule has 1 N–H and O–H groups in total. The number of hydrogen-bond donors (Lipinski definition) is 1. The van der Waals surface area contributed by atoms with Gasteiger partial charge in [-0.2, -0.15) is 0 Å². The van der Waals surface area contributed by atoms with Crippen molar-refractivity contribution in [3.05, 3.63) is 59.7 Å². The van der Waals surface area contributed by atoms with Gasteiger partial charge in [0.1, 0.15) is 5.75 Å². The topological polar surface area (TPSA) is 70.1 Å². The molecule has 1 aliphatic rings. The minimum atomic E-state index is -0.699. The van der Waals surface area contributed by atoms with E-state index in [-0.39, 0.29) is 11.8 Å². The van der Waals surface area contributed by atoms with Gasteiger partial charge < -0.3 is 19.6 Å². The Bertz CT molecular complexity index is 842. The molecular formula is C23H28N2O4. The molecule has 2 aromatic rings. The fourth-order valence-electron chi connectivity index (χ4n) is 3.65. The van der Waals surface area contributed by atoms with Gasteiger partial charge in [-0.05, 0) is 48.2 Å². The Morgan fingerprint density at radius 3 is 2.41 bits per heavy atom. The van der Waals surface area contributed by atoms with Gasteiger partial charge in [0.2, 0.25) is 5.91 Å². The first-order valence-electron chi connectivity index (χ1n) is 9.90. The Kier molecular flexibility index (Phi) is 6.75.